The first-order chi connectivity index (χ1) is 11.7. The summed E-state index contributed by atoms with van der Waals surface area (Å²) in [5, 5.41) is 16.4. The summed E-state index contributed by atoms with van der Waals surface area (Å²) in [5.41, 5.74) is -0.714. The third kappa shape index (κ3) is 2.86. The van der Waals surface area contributed by atoms with Gasteiger partial charge in [-0.2, -0.15) is 0 Å². The van der Waals surface area contributed by atoms with Crippen LogP contribution in [0.15, 0.2) is 17.8 Å². The Morgan fingerprint density at radius 1 is 1.38 bits per heavy atom. The van der Waals surface area contributed by atoms with Crippen molar-refractivity contribution in [3.8, 4) is 0 Å². The van der Waals surface area contributed by atoms with Gasteiger partial charge in [0.1, 0.15) is 23.0 Å². The molecule has 7 heteroatoms. The van der Waals surface area contributed by atoms with Crippen molar-refractivity contribution in [3.05, 3.63) is 17.8 Å². The van der Waals surface area contributed by atoms with Gasteiger partial charge in [-0.3, -0.25) is 4.79 Å². The molecule has 1 aliphatic carbocycles. The van der Waals surface area contributed by atoms with Crippen LogP contribution >= 0.6 is 11.3 Å². The molecule has 3 heterocycles. The van der Waals surface area contributed by atoms with Gasteiger partial charge in [0.25, 0.3) is 0 Å². The predicted octanol–water partition coefficient (Wildman–Crippen LogP) is 2.08. The lowest BCUT2D eigenvalue weighted by molar-refractivity contribution is -0.123. The molecular formula is C17H22N4O2S. The first-order valence-corrected chi connectivity index (χ1v) is 9.49. The Balaban J connectivity index is 1.50. The lowest BCUT2D eigenvalue weighted by Gasteiger charge is -2.28. The molecule has 1 amide bonds. The van der Waals surface area contributed by atoms with E-state index >= 15 is 0 Å². The van der Waals surface area contributed by atoms with Crippen LogP contribution in [0.3, 0.4) is 0 Å². The zero-order valence-corrected chi connectivity index (χ0v) is 14.4. The Labute approximate surface area is 144 Å². The number of fused-ring (bicyclic) bond motifs is 1. The summed E-state index contributed by atoms with van der Waals surface area (Å²) in [6.07, 6.45) is 7.00. The standard InChI is InChI=1S/C17H22N4O2S/c22-15(18-10-17(23)6-1-2-7-17)13-4-3-8-21(13)14-12-5-9-24-16(12)20-11-19-14/h5,9,11,13,23H,1-4,6-8,10H2,(H,18,22). The smallest absolute Gasteiger partial charge is 0.242 e. The van der Waals surface area contributed by atoms with Crippen molar-refractivity contribution in [1.29, 1.82) is 0 Å². The van der Waals surface area contributed by atoms with E-state index in [4.69, 9.17) is 0 Å². The molecule has 1 saturated heterocycles. The second-order valence-electron chi connectivity index (χ2n) is 6.84. The van der Waals surface area contributed by atoms with Crippen molar-refractivity contribution in [1.82, 2.24) is 15.3 Å². The summed E-state index contributed by atoms with van der Waals surface area (Å²) in [6, 6.07) is 1.80. The minimum atomic E-state index is -0.714. The Hall–Kier alpha value is -1.73. The number of thiophene rings is 1. The fourth-order valence-corrected chi connectivity index (χ4v) is 4.61. The maximum atomic E-state index is 12.7. The second kappa shape index (κ2) is 6.29. The largest absolute Gasteiger partial charge is 0.388 e. The maximum absolute atomic E-state index is 12.7. The molecule has 1 aliphatic heterocycles. The molecule has 0 bridgehead atoms. The number of carbonyl (C=O) groups is 1. The summed E-state index contributed by atoms with van der Waals surface area (Å²) < 4.78 is 0. The van der Waals surface area contributed by atoms with E-state index in [9.17, 15) is 9.90 Å². The van der Waals surface area contributed by atoms with Gasteiger partial charge in [-0.1, -0.05) is 12.8 Å². The lowest BCUT2D eigenvalue weighted by atomic mass is 10.0. The fourth-order valence-electron chi connectivity index (χ4n) is 3.88. The van der Waals surface area contributed by atoms with Crippen molar-refractivity contribution in [2.45, 2.75) is 50.2 Å². The number of rotatable bonds is 4. The topological polar surface area (TPSA) is 78.4 Å². The molecule has 1 atom stereocenters. The number of hydrogen-bond acceptors (Lipinski definition) is 6. The molecule has 1 saturated carbocycles. The fraction of sp³-hybridized carbons (Fsp3) is 0.588. The number of amides is 1. The molecule has 0 radical (unpaired) electrons. The minimum absolute atomic E-state index is 0.00480. The van der Waals surface area contributed by atoms with Gasteiger partial charge in [0.15, 0.2) is 0 Å². The molecule has 1 unspecified atom stereocenters. The zero-order valence-electron chi connectivity index (χ0n) is 13.6. The van der Waals surface area contributed by atoms with Crippen LogP contribution in [0.25, 0.3) is 10.2 Å². The van der Waals surface area contributed by atoms with Gasteiger partial charge >= 0.3 is 0 Å². The van der Waals surface area contributed by atoms with Crippen molar-refractivity contribution in [2.75, 3.05) is 18.0 Å². The highest BCUT2D eigenvalue weighted by Crippen LogP contribution is 2.32. The van der Waals surface area contributed by atoms with Crippen molar-refractivity contribution in [2.24, 2.45) is 0 Å². The van der Waals surface area contributed by atoms with Crippen molar-refractivity contribution in [3.63, 3.8) is 0 Å². The SMILES string of the molecule is O=C(NCC1(O)CCCC1)C1CCCN1c1ncnc2sccc12. The molecule has 0 aromatic carbocycles. The molecule has 24 heavy (non-hydrogen) atoms. The lowest BCUT2D eigenvalue weighted by Crippen LogP contribution is -2.48. The monoisotopic (exact) mass is 346 g/mol. The summed E-state index contributed by atoms with van der Waals surface area (Å²) >= 11 is 1.59. The predicted molar refractivity (Wildman–Crippen MR) is 94.2 cm³/mol. The highest BCUT2D eigenvalue weighted by molar-refractivity contribution is 7.16. The molecule has 2 aromatic heterocycles. The number of anilines is 1. The summed E-state index contributed by atoms with van der Waals surface area (Å²) in [5.74, 6) is 0.841. The number of aliphatic hydroxyl groups is 1. The van der Waals surface area contributed by atoms with Crippen molar-refractivity contribution < 1.29 is 9.90 Å². The molecule has 2 fully saturated rings. The van der Waals surface area contributed by atoms with Crippen LogP contribution in [0.1, 0.15) is 38.5 Å². The van der Waals surface area contributed by atoms with Gasteiger partial charge in [0, 0.05) is 13.1 Å². The van der Waals surface area contributed by atoms with Gasteiger partial charge in [-0.15, -0.1) is 11.3 Å². The average molecular weight is 346 g/mol. The zero-order chi connectivity index (χ0) is 16.6. The minimum Gasteiger partial charge on any atom is -0.388 e. The normalized spacial score (nSPS) is 23.0. The first kappa shape index (κ1) is 15.8. The number of nitrogens with zero attached hydrogens (tertiary/aromatic N) is 3. The van der Waals surface area contributed by atoms with Gasteiger partial charge in [0.05, 0.1) is 11.0 Å². The molecule has 2 N–H and O–H groups in total. The second-order valence-corrected chi connectivity index (χ2v) is 7.73. The quantitative estimate of drug-likeness (QED) is 0.886. The Kier molecular flexibility index (Phi) is 4.14. The highest BCUT2D eigenvalue weighted by atomic mass is 32.1. The number of carbonyl (C=O) groups excluding carboxylic acids is 1. The Morgan fingerprint density at radius 2 is 2.21 bits per heavy atom. The number of nitrogens with one attached hydrogen (secondary N) is 1. The van der Waals surface area contributed by atoms with E-state index in [0.29, 0.717) is 6.54 Å². The van der Waals surface area contributed by atoms with E-state index in [1.807, 2.05) is 11.4 Å². The van der Waals surface area contributed by atoms with Crippen LogP contribution < -0.4 is 10.2 Å². The van der Waals surface area contributed by atoms with Crippen molar-refractivity contribution >= 4 is 33.3 Å². The van der Waals surface area contributed by atoms with Crippen LogP contribution in [0.2, 0.25) is 0 Å². The molecule has 4 rings (SSSR count). The van der Waals surface area contributed by atoms with E-state index < -0.39 is 5.60 Å². The average Bonchev–Trinajstić information content (AvgIpc) is 3.32. The van der Waals surface area contributed by atoms with Crippen LogP contribution in [-0.4, -0.2) is 45.7 Å². The van der Waals surface area contributed by atoms with Crippen LogP contribution in [0.4, 0.5) is 5.82 Å². The van der Waals surface area contributed by atoms with Crippen LogP contribution in [0.5, 0.6) is 0 Å². The summed E-state index contributed by atoms with van der Waals surface area (Å²) in [4.78, 5) is 24.5. The van der Waals surface area contributed by atoms with E-state index in [2.05, 4.69) is 20.2 Å². The Morgan fingerprint density at radius 3 is 3.04 bits per heavy atom. The van der Waals surface area contributed by atoms with Gasteiger partial charge in [0.2, 0.25) is 5.91 Å². The molecule has 6 nitrogen and oxygen atoms in total. The highest BCUT2D eigenvalue weighted by Gasteiger charge is 2.36. The molecule has 2 aliphatic rings. The third-order valence-electron chi connectivity index (χ3n) is 5.19. The molecule has 128 valence electrons. The van der Waals surface area contributed by atoms with E-state index in [1.165, 1.54) is 0 Å². The van der Waals surface area contributed by atoms with Crippen LogP contribution in [-0.2, 0) is 4.79 Å². The molecule has 2 aromatic rings. The number of aromatic nitrogens is 2. The first-order valence-electron chi connectivity index (χ1n) is 8.61. The third-order valence-corrected chi connectivity index (χ3v) is 6.01. The molecular weight excluding hydrogens is 324 g/mol. The van der Waals surface area contributed by atoms with E-state index in [-0.39, 0.29) is 11.9 Å². The summed E-state index contributed by atoms with van der Waals surface area (Å²) in [7, 11) is 0. The Bertz CT molecular complexity index is 741. The van der Waals surface area contributed by atoms with Gasteiger partial charge < -0.3 is 15.3 Å². The summed E-state index contributed by atoms with van der Waals surface area (Å²) in [6.45, 7) is 1.18. The maximum Gasteiger partial charge on any atom is 0.242 e. The van der Waals surface area contributed by atoms with E-state index in [0.717, 1.165) is 61.1 Å². The van der Waals surface area contributed by atoms with Gasteiger partial charge in [-0.25, -0.2) is 9.97 Å². The van der Waals surface area contributed by atoms with E-state index in [1.54, 1.807) is 17.7 Å². The van der Waals surface area contributed by atoms with Gasteiger partial charge in [-0.05, 0) is 37.1 Å². The molecule has 0 spiro atoms. The van der Waals surface area contributed by atoms with Crippen LogP contribution in [0, 0.1) is 0 Å². The number of hydrogen-bond donors (Lipinski definition) is 2.